The Balaban J connectivity index is 1.32. The predicted molar refractivity (Wildman–Crippen MR) is 134 cm³/mol. The molecule has 0 fully saturated rings. The van der Waals surface area contributed by atoms with Gasteiger partial charge >= 0.3 is 6.09 Å². The fourth-order valence-corrected chi connectivity index (χ4v) is 5.45. The number of fused-ring (bicyclic) bond motifs is 1. The number of aromatic nitrogens is 1. The number of ether oxygens (including phenoxy) is 2. The Bertz CT molecular complexity index is 1260. The van der Waals surface area contributed by atoms with Crippen LogP contribution >= 0.6 is 11.3 Å². The summed E-state index contributed by atoms with van der Waals surface area (Å²) in [5.74, 6) is 0.613. The molecule has 4 rings (SSSR count). The van der Waals surface area contributed by atoms with Crippen molar-refractivity contribution in [2.75, 3.05) is 12.4 Å². The number of methoxy groups -OCH3 is 1. The highest BCUT2D eigenvalue weighted by molar-refractivity contribution is 7.16. The van der Waals surface area contributed by atoms with E-state index in [0.717, 1.165) is 27.3 Å². The highest BCUT2D eigenvalue weighted by Gasteiger charge is 2.28. The number of hydrogen-bond donors (Lipinski definition) is 2. The van der Waals surface area contributed by atoms with Crippen LogP contribution in [0, 0.1) is 11.3 Å². The lowest BCUT2D eigenvalue weighted by molar-refractivity contribution is -0.116. The highest BCUT2D eigenvalue weighted by atomic mass is 32.1. The first-order chi connectivity index (χ1) is 16.9. The molecule has 0 bridgehead atoms. The van der Waals surface area contributed by atoms with Crippen molar-refractivity contribution in [2.24, 2.45) is 7.05 Å². The monoisotopic (exact) mass is 492 g/mol. The Morgan fingerprint density at radius 3 is 2.89 bits per heavy atom. The average Bonchev–Trinajstić information content (AvgIpc) is 3.43. The van der Waals surface area contributed by atoms with E-state index in [1.165, 1.54) is 11.3 Å². The maximum Gasteiger partial charge on any atom is 0.407 e. The second-order valence-corrected chi connectivity index (χ2v) is 9.63. The number of alkyl carbamates (subject to hydrolysis) is 1. The first kappa shape index (κ1) is 24.4. The zero-order valence-corrected chi connectivity index (χ0v) is 20.6. The number of benzene rings is 1. The van der Waals surface area contributed by atoms with Crippen molar-refractivity contribution < 1.29 is 19.1 Å². The molecule has 0 saturated carbocycles. The minimum Gasteiger partial charge on any atom is -0.497 e. The lowest BCUT2D eigenvalue weighted by Crippen LogP contribution is -2.31. The molecular formula is C26H28N4O4S. The summed E-state index contributed by atoms with van der Waals surface area (Å²) in [5.41, 5.74) is 3.48. The molecule has 3 aromatic rings. The van der Waals surface area contributed by atoms with Crippen LogP contribution in [-0.4, -0.2) is 29.8 Å². The molecule has 2 amide bonds. The van der Waals surface area contributed by atoms with E-state index in [9.17, 15) is 14.9 Å². The van der Waals surface area contributed by atoms with E-state index in [-0.39, 0.29) is 12.0 Å². The maximum absolute atomic E-state index is 12.6. The summed E-state index contributed by atoms with van der Waals surface area (Å²) in [6.45, 7) is 0.404. The topological polar surface area (TPSA) is 105 Å². The van der Waals surface area contributed by atoms with Gasteiger partial charge in [0.15, 0.2) is 0 Å². The largest absolute Gasteiger partial charge is 0.497 e. The van der Waals surface area contributed by atoms with Gasteiger partial charge in [-0.15, -0.1) is 11.3 Å². The zero-order valence-electron chi connectivity index (χ0n) is 19.8. The van der Waals surface area contributed by atoms with Gasteiger partial charge in [0.25, 0.3) is 0 Å². The minimum absolute atomic E-state index is 0.143. The van der Waals surface area contributed by atoms with E-state index in [1.54, 1.807) is 7.11 Å². The third-order valence-electron chi connectivity index (χ3n) is 5.96. The molecule has 8 nitrogen and oxygen atoms in total. The summed E-state index contributed by atoms with van der Waals surface area (Å²) in [6.07, 6.45) is 5.82. The quantitative estimate of drug-likeness (QED) is 0.487. The van der Waals surface area contributed by atoms with Gasteiger partial charge in [0, 0.05) is 43.7 Å². The number of nitriles is 1. The van der Waals surface area contributed by atoms with Crippen LogP contribution in [0.4, 0.5) is 9.80 Å². The molecule has 1 aromatic carbocycles. The molecule has 1 aliphatic rings. The van der Waals surface area contributed by atoms with E-state index in [2.05, 4.69) is 16.7 Å². The minimum atomic E-state index is -0.453. The number of amides is 2. The number of nitrogens with zero attached hydrogens (tertiary/aromatic N) is 2. The number of aryl methyl sites for hydroxylation is 2. The normalized spacial score (nSPS) is 14.5. The zero-order chi connectivity index (χ0) is 24.8. The van der Waals surface area contributed by atoms with E-state index >= 15 is 0 Å². The average molecular weight is 493 g/mol. The van der Waals surface area contributed by atoms with Crippen LogP contribution < -0.4 is 15.4 Å². The fraction of sp³-hybridized carbons (Fsp3) is 0.346. The number of nitrogens with one attached hydrogen (secondary N) is 2. The summed E-state index contributed by atoms with van der Waals surface area (Å²) in [5, 5.41) is 16.0. The van der Waals surface area contributed by atoms with Gasteiger partial charge in [-0.2, -0.15) is 5.26 Å². The molecule has 9 heteroatoms. The van der Waals surface area contributed by atoms with Gasteiger partial charge in [-0.3, -0.25) is 4.79 Å². The Labute approximate surface area is 208 Å². The van der Waals surface area contributed by atoms with Gasteiger partial charge in [-0.05, 0) is 54.2 Å². The summed E-state index contributed by atoms with van der Waals surface area (Å²) < 4.78 is 12.8. The Hall–Kier alpha value is -3.77. The SMILES string of the molecule is COc1cccc(CCC(=O)Nc2sc3c(c2C#N)CCC(OC(=O)NCc2ccn(C)c2)C3)c1. The van der Waals surface area contributed by atoms with Crippen LogP contribution in [0.3, 0.4) is 0 Å². The van der Waals surface area contributed by atoms with E-state index in [0.29, 0.717) is 49.2 Å². The Kier molecular flexibility index (Phi) is 7.73. The maximum atomic E-state index is 12.6. The second kappa shape index (κ2) is 11.1. The summed E-state index contributed by atoms with van der Waals surface area (Å²) in [6, 6.07) is 11.8. The van der Waals surface area contributed by atoms with Crippen molar-refractivity contribution in [3.63, 3.8) is 0 Å². The molecule has 35 heavy (non-hydrogen) atoms. The van der Waals surface area contributed by atoms with E-state index < -0.39 is 6.09 Å². The van der Waals surface area contributed by atoms with Crippen LogP contribution in [0.15, 0.2) is 42.7 Å². The van der Waals surface area contributed by atoms with Crippen LogP contribution in [0.5, 0.6) is 5.75 Å². The predicted octanol–water partition coefficient (Wildman–Crippen LogP) is 4.32. The number of carbonyl (C=O) groups is 2. The van der Waals surface area contributed by atoms with Crippen molar-refractivity contribution in [2.45, 2.75) is 44.8 Å². The van der Waals surface area contributed by atoms with E-state index in [4.69, 9.17) is 9.47 Å². The molecule has 0 aliphatic heterocycles. The van der Waals surface area contributed by atoms with Crippen molar-refractivity contribution in [1.82, 2.24) is 9.88 Å². The smallest absolute Gasteiger partial charge is 0.407 e. The van der Waals surface area contributed by atoms with Crippen LogP contribution in [-0.2, 0) is 42.4 Å². The molecule has 0 saturated heterocycles. The van der Waals surface area contributed by atoms with Gasteiger partial charge in [0.1, 0.15) is 22.9 Å². The number of rotatable bonds is 8. The molecule has 182 valence electrons. The first-order valence-electron chi connectivity index (χ1n) is 11.5. The standard InChI is InChI=1S/C26H28N4O4S/c1-30-11-10-18(16-30)15-28-26(32)34-20-7-8-21-22(14-27)25(35-23(21)13-20)29-24(31)9-6-17-4-3-5-19(12-17)33-2/h3-5,10-12,16,20H,6-9,13,15H2,1-2H3,(H,28,32)(H,29,31). The van der Waals surface area contributed by atoms with Crippen molar-refractivity contribution >= 4 is 28.3 Å². The van der Waals surface area contributed by atoms with E-state index in [1.807, 2.05) is 54.3 Å². The molecule has 0 radical (unpaired) electrons. The molecule has 0 spiro atoms. The van der Waals surface area contributed by atoms with Gasteiger partial charge in [0.05, 0.1) is 12.7 Å². The third-order valence-corrected chi connectivity index (χ3v) is 7.13. The van der Waals surface area contributed by atoms with Gasteiger partial charge in [0.2, 0.25) is 5.91 Å². The van der Waals surface area contributed by atoms with Crippen molar-refractivity contribution in [3.8, 4) is 11.8 Å². The number of anilines is 1. The molecule has 2 N–H and O–H groups in total. The lowest BCUT2D eigenvalue weighted by atomic mass is 9.94. The molecule has 1 unspecified atom stereocenters. The molecule has 2 heterocycles. The molecular weight excluding hydrogens is 464 g/mol. The number of thiophene rings is 1. The highest BCUT2D eigenvalue weighted by Crippen LogP contribution is 2.38. The van der Waals surface area contributed by atoms with Crippen molar-refractivity contribution in [3.05, 3.63) is 69.9 Å². The van der Waals surface area contributed by atoms with Crippen LogP contribution in [0.1, 0.15) is 40.0 Å². The van der Waals surface area contributed by atoms with Crippen LogP contribution in [0.2, 0.25) is 0 Å². The molecule has 2 aromatic heterocycles. The van der Waals surface area contributed by atoms with Crippen LogP contribution in [0.25, 0.3) is 0 Å². The number of hydrogen-bond acceptors (Lipinski definition) is 6. The molecule has 1 atom stereocenters. The van der Waals surface area contributed by atoms with Crippen molar-refractivity contribution in [1.29, 1.82) is 5.26 Å². The first-order valence-corrected chi connectivity index (χ1v) is 12.3. The van der Waals surface area contributed by atoms with Gasteiger partial charge < -0.3 is 24.7 Å². The van der Waals surface area contributed by atoms with Gasteiger partial charge in [-0.25, -0.2) is 4.79 Å². The Morgan fingerprint density at radius 2 is 2.14 bits per heavy atom. The van der Waals surface area contributed by atoms with Gasteiger partial charge in [-0.1, -0.05) is 12.1 Å². The Morgan fingerprint density at radius 1 is 1.29 bits per heavy atom. The second-order valence-electron chi connectivity index (χ2n) is 8.53. The summed E-state index contributed by atoms with van der Waals surface area (Å²) in [7, 11) is 3.54. The summed E-state index contributed by atoms with van der Waals surface area (Å²) in [4.78, 5) is 25.8. The lowest BCUT2D eigenvalue weighted by Gasteiger charge is -2.22. The summed E-state index contributed by atoms with van der Waals surface area (Å²) >= 11 is 1.40. The molecule has 1 aliphatic carbocycles. The third kappa shape index (κ3) is 6.22. The fourth-order valence-electron chi connectivity index (χ4n) is 4.17. The number of carbonyl (C=O) groups excluding carboxylic acids is 2.